The van der Waals surface area contributed by atoms with Crippen molar-refractivity contribution in [2.45, 2.75) is 63.9 Å². The topological polar surface area (TPSA) is 134 Å². The normalized spacial score (nSPS) is 27.8. The summed E-state index contributed by atoms with van der Waals surface area (Å²) in [5.74, 6) is -0.502. The van der Waals surface area contributed by atoms with Crippen molar-refractivity contribution in [1.29, 1.82) is 0 Å². The van der Waals surface area contributed by atoms with E-state index in [0.717, 1.165) is 0 Å². The smallest absolute Gasteiger partial charge is 0.330 e. The molecule has 0 aromatic carbocycles. The molecule has 1 aromatic heterocycles. The minimum atomic E-state index is -1.98. The van der Waals surface area contributed by atoms with Crippen molar-refractivity contribution >= 4 is 25.1 Å². The first-order chi connectivity index (χ1) is 13.5. The molecule has 0 radical (unpaired) electrons. The average Bonchev–Trinajstić information content (AvgIpc) is 3.11. The lowest BCUT2D eigenvalue weighted by Gasteiger charge is -2.21. The van der Waals surface area contributed by atoms with Crippen molar-refractivity contribution in [2.75, 3.05) is 13.1 Å². The van der Waals surface area contributed by atoms with Gasteiger partial charge in [0.2, 0.25) is 11.8 Å². The lowest BCUT2D eigenvalue weighted by atomic mass is 10.1. The second kappa shape index (κ2) is 7.98. The molecular weight excluding hydrogens is 396 g/mol. The van der Waals surface area contributed by atoms with Gasteiger partial charge in [0.1, 0.15) is 6.23 Å². The number of amides is 2. The molecule has 2 amide bonds. The Kier molecular flexibility index (Phi) is 5.95. The molecule has 3 heterocycles. The van der Waals surface area contributed by atoms with Crippen LogP contribution in [0.3, 0.4) is 0 Å². The second-order valence-corrected chi connectivity index (χ2v) is 13.6. The van der Waals surface area contributed by atoms with Crippen LogP contribution in [-0.2, 0) is 14.3 Å². The lowest BCUT2D eigenvalue weighted by Crippen LogP contribution is -2.52. The third-order valence-electron chi connectivity index (χ3n) is 5.42. The van der Waals surface area contributed by atoms with E-state index >= 15 is 0 Å². The molecule has 11 heteroatoms. The quantitative estimate of drug-likeness (QED) is 0.372. The molecule has 1 aromatic rings. The van der Waals surface area contributed by atoms with E-state index in [4.69, 9.17) is 4.74 Å². The minimum Gasteiger partial charge on any atom is -0.390 e. The SMILES string of the molecule is CCN1C(=O)CC(NC[C@H]2O[C@@H](n3cc([Si](C)(C)C)c(=O)[nH]c3=O)C[C@@H]2O)C1=O. The minimum absolute atomic E-state index is 0.0812. The number of rotatable bonds is 6. The highest BCUT2D eigenvalue weighted by Gasteiger charge is 2.40. The standard InChI is InChI=1S/C18H28N4O6Si/c1-5-21-14(24)6-10(17(21)26)19-8-12-11(23)7-15(28-12)22-9-13(29(2,3)4)16(25)20-18(22)27/h9-12,15,19,23H,5-8H2,1-4H3,(H,20,25,27)/t10?,11-,12+,15+/m0/s1. The molecule has 160 valence electrons. The van der Waals surface area contributed by atoms with Crippen LogP contribution < -0.4 is 21.8 Å². The predicted molar refractivity (Wildman–Crippen MR) is 108 cm³/mol. The predicted octanol–water partition coefficient (Wildman–Crippen LogP) is -1.53. The zero-order valence-corrected chi connectivity index (χ0v) is 18.1. The van der Waals surface area contributed by atoms with Crippen LogP contribution in [0.2, 0.25) is 19.6 Å². The first kappa shape index (κ1) is 21.6. The Bertz CT molecular complexity index is 920. The number of aromatic nitrogens is 2. The molecule has 0 spiro atoms. The monoisotopic (exact) mass is 424 g/mol. The van der Waals surface area contributed by atoms with Crippen LogP contribution >= 0.6 is 0 Å². The molecule has 2 aliphatic rings. The number of aromatic amines is 1. The molecule has 0 aliphatic carbocycles. The van der Waals surface area contributed by atoms with Gasteiger partial charge >= 0.3 is 5.69 Å². The van der Waals surface area contributed by atoms with Gasteiger partial charge in [0.25, 0.3) is 5.56 Å². The summed E-state index contributed by atoms with van der Waals surface area (Å²) in [7, 11) is -1.98. The number of likely N-dealkylation sites (tertiary alicyclic amines) is 1. The van der Waals surface area contributed by atoms with Crippen molar-refractivity contribution in [3.8, 4) is 0 Å². The summed E-state index contributed by atoms with van der Waals surface area (Å²) in [4.78, 5) is 52.0. The van der Waals surface area contributed by atoms with Gasteiger partial charge in [-0.2, -0.15) is 0 Å². The Hall–Kier alpha value is -2.08. The second-order valence-electron chi connectivity index (χ2n) is 8.53. The zero-order chi connectivity index (χ0) is 21.5. The summed E-state index contributed by atoms with van der Waals surface area (Å²) in [5.41, 5.74) is -0.968. The number of ether oxygens (including phenoxy) is 1. The molecule has 3 N–H and O–H groups in total. The highest BCUT2D eigenvalue weighted by Crippen LogP contribution is 2.27. The van der Waals surface area contributed by atoms with Crippen molar-refractivity contribution in [3.63, 3.8) is 0 Å². The number of carbonyl (C=O) groups excluding carboxylic acids is 2. The number of aliphatic hydroxyl groups is 1. The molecule has 0 bridgehead atoms. The van der Waals surface area contributed by atoms with Gasteiger partial charge in [-0.25, -0.2) is 4.79 Å². The van der Waals surface area contributed by atoms with Crippen LogP contribution in [0.4, 0.5) is 0 Å². The number of nitrogens with one attached hydrogen (secondary N) is 2. The first-order valence-corrected chi connectivity index (χ1v) is 13.3. The van der Waals surface area contributed by atoms with Gasteiger partial charge in [-0.15, -0.1) is 0 Å². The lowest BCUT2D eigenvalue weighted by molar-refractivity contribution is -0.138. The molecule has 2 aliphatic heterocycles. The third-order valence-corrected chi connectivity index (χ3v) is 7.39. The highest BCUT2D eigenvalue weighted by atomic mass is 28.3. The van der Waals surface area contributed by atoms with Crippen molar-refractivity contribution in [2.24, 2.45) is 0 Å². The number of aliphatic hydroxyl groups excluding tert-OH is 1. The van der Waals surface area contributed by atoms with Crippen molar-refractivity contribution < 1.29 is 19.4 Å². The highest BCUT2D eigenvalue weighted by molar-refractivity contribution is 6.88. The summed E-state index contributed by atoms with van der Waals surface area (Å²) in [6.45, 7) is 8.24. The molecule has 2 saturated heterocycles. The third kappa shape index (κ3) is 4.27. The number of imide groups is 1. The van der Waals surface area contributed by atoms with Gasteiger partial charge in [0, 0.05) is 30.9 Å². The largest absolute Gasteiger partial charge is 0.390 e. The Balaban J connectivity index is 1.70. The van der Waals surface area contributed by atoms with E-state index in [1.807, 2.05) is 19.6 Å². The fourth-order valence-corrected chi connectivity index (χ4v) is 5.01. The summed E-state index contributed by atoms with van der Waals surface area (Å²) in [6, 6.07) is -0.633. The van der Waals surface area contributed by atoms with E-state index in [0.29, 0.717) is 11.7 Å². The van der Waals surface area contributed by atoms with Gasteiger partial charge in [0.05, 0.1) is 32.7 Å². The van der Waals surface area contributed by atoms with Crippen LogP contribution in [0.1, 0.15) is 26.0 Å². The number of likely N-dealkylation sites (N-methyl/N-ethyl adjacent to an activating group) is 1. The molecule has 10 nitrogen and oxygen atoms in total. The summed E-state index contributed by atoms with van der Waals surface area (Å²) >= 11 is 0. The number of carbonyl (C=O) groups is 2. The van der Waals surface area contributed by atoms with Crippen LogP contribution in [0.25, 0.3) is 0 Å². The van der Waals surface area contributed by atoms with E-state index in [1.54, 1.807) is 13.1 Å². The van der Waals surface area contributed by atoms with Gasteiger partial charge in [-0.3, -0.25) is 28.8 Å². The molecule has 1 unspecified atom stereocenters. The van der Waals surface area contributed by atoms with Gasteiger partial charge in [-0.05, 0) is 6.92 Å². The molecule has 2 fully saturated rings. The fraction of sp³-hybridized carbons (Fsp3) is 0.667. The molecular formula is C18H28N4O6Si. The Morgan fingerprint density at radius 1 is 1.28 bits per heavy atom. The van der Waals surface area contributed by atoms with Gasteiger partial charge in [0.15, 0.2) is 0 Å². The van der Waals surface area contributed by atoms with Crippen molar-refractivity contribution in [1.82, 2.24) is 19.8 Å². The molecule has 0 saturated carbocycles. The maximum atomic E-state index is 12.3. The first-order valence-electron chi connectivity index (χ1n) is 9.80. The maximum Gasteiger partial charge on any atom is 0.330 e. The van der Waals surface area contributed by atoms with E-state index in [-0.39, 0.29) is 36.8 Å². The van der Waals surface area contributed by atoms with Gasteiger partial charge < -0.3 is 15.2 Å². The van der Waals surface area contributed by atoms with Crippen molar-refractivity contribution in [3.05, 3.63) is 27.0 Å². The summed E-state index contributed by atoms with van der Waals surface area (Å²) in [5, 5.41) is 13.9. The molecule has 4 atom stereocenters. The van der Waals surface area contributed by atoms with Crippen LogP contribution in [0.15, 0.2) is 15.8 Å². The Morgan fingerprint density at radius 2 is 1.97 bits per heavy atom. The summed E-state index contributed by atoms with van der Waals surface area (Å²) in [6.07, 6.45) is -0.410. The zero-order valence-electron chi connectivity index (χ0n) is 17.1. The number of hydrogen-bond acceptors (Lipinski definition) is 7. The van der Waals surface area contributed by atoms with Crippen LogP contribution in [0.5, 0.6) is 0 Å². The molecule has 3 rings (SSSR count). The summed E-state index contributed by atoms with van der Waals surface area (Å²) < 4.78 is 7.18. The number of hydrogen-bond donors (Lipinski definition) is 3. The number of H-pyrrole nitrogens is 1. The van der Waals surface area contributed by atoms with Crippen LogP contribution in [0, 0.1) is 0 Å². The fourth-order valence-electron chi connectivity index (χ4n) is 3.74. The van der Waals surface area contributed by atoms with E-state index < -0.39 is 38.2 Å². The van der Waals surface area contributed by atoms with E-state index in [2.05, 4.69) is 10.3 Å². The van der Waals surface area contributed by atoms with Gasteiger partial charge in [-0.1, -0.05) is 19.6 Å². The number of nitrogens with zero attached hydrogens (tertiary/aromatic N) is 2. The van der Waals surface area contributed by atoms with E-state index in [9.17, 15) is 24.3 Å². The Labute approximate surface area is 168 Å². The molecule has 29 heavy (non-hydrogen) atoms. The maximum absolute atomic E-state index is 12.3. The van der Waals surface area contributed by atoms with Crippen LogP contribution in [-0.4, -0.2) is 70.8 Å². The average molecular weight is 425 g/mol. The Morgan fingerprint density at radius 3 is 2.55 bits per heavy atom. The van der Waals surface area contributed by atoms with E-state index in [1.165, 1.54) is 9.47 Å².